The minimum atomic E-state index is -0.448. The van der Waals surface area contributed by atoms with Crippen LogP contribution >= 0.6 is 23.6 Å². The highest BCUT2D eigenvalue weighted by molar-refractivity contribution is 7.80. The van der Waals surface area contributed by atoms with E-state index >= 15 is 0 Å². The van der Waals surface area contributed by atoms with E-state index in [9.17, 15) is 9.59 Å². The summed E-state index contributed by atoms with van der Waals surface area (Å²) in [6, 6.07) is 0. The first kappa shape index (κ1) is 17.9. The molecule has 23 heavy (non-hydrogen) atoms. The maximum absolute atomic E-state index is 11.8. The molecule has 0 aromatic carbocycles. The normalized spacial score (nSPS) is 16.8. The summed E-state index contributed by atoms with van der Waals surface area (Å²) in [5.74, 6) is 0.283. The standard InChI is InChI=1S/C16H23N3O2S2/c1-8(2)6-12(20)18-16(22)19-15-13(14(17)21)10-5-4-9(3)7-11(10)23-15/h8-9H,4-7H2,1-3H3,(H2,17,21)(H2,18,19,20,22). The molecule has 1 heterocycles. The van der Waals surface area contributed by atoms with Gasteiger partial charge in [-0.1, -0.05) is 20.8 Å². The molecule has 0 saturated carbocycles. The number of amides is 2. The Morgan fingerprint density at radius 2 is 2.13 bits per heavy atom. The Morgan fingerprint density at radius 1 is 1.43 bits per heavy atom. The van der Waals surface area contributed by atoms with E-state index in [0.29, 0.717) is 22.9 Å². The van der Waals surface area contributed by atoms with Crippen LogP contribution in [0.15, 0.2) is 0 Å². The third-order valence-electron chi connectivity index (χ3n) is 3.83. The molecule has 0 radical (unpaired) electrons. The molecule has 7 heteroatoms. The van der Waals surface area contributed by atoms with E-state index in [4.69, 9.17) is 18.0 Å². The Bertz CT molecular complexity index is 638. The zero-order chi connectivity index (χ0) is 17.1. The lowest BCUT2D eigenvalue weighted by Gasteiger charge is -2.18. The lowest BCUT2D eigenvalue weighted by Crippen LogP contribution is -2.35. The second-order valence-electron chi connectivity index (χ2n) is 6.52. The van der Waals surface area contributed by atoms with E-state index in [1.54, 1.807) is 0 Å². The van der Waals surface area contributed by atoms with Gasteiger partial charge in [0.25, 0.3) is 5.91 Å². The molecule has 4 N–H and O–H groups in total. The van der Waals surface area contributed by atoms with Crippen LogP contribution in [0.3, 0.4) is 0 Å². The molecule has 0 aliphatic heterocycles. The van der Waals surface area contributed by atoms with Gasteiger partial charge in [0.1, 0.15) is 5.00 Å². The SMILES string of the molecule is CC(C)CC(=O)NC(=S)Nc1sc2c(c1C(N)=O)CCC(C)C2. The van der Waals surface area contributed by atoms with Gasteiger partial charge in [0.15, 0.2) is 5.11 Å². The summed E-state index contributed by atoms with van der Waals surface area (Å²) in [6.07, 6.45) is 3.27. The number of thiocarbonyl (C=S) groups is 1. The summed E-state index contributed by atoms with van der Waals surface area (Å²) in [5.41, 5.74) is 7.12. The largest absolute Gasteiger partial charge is 0.365 e. The van der Waals surface area contributed by atoms with Crippen molar-refractivity contribution in [3.05, 3.63) is 16.0 Å². The number of carbonyl (C=O) groups excluding carboxylic acids is 2. The molecule has 0 saturated heterocycles. The summed E-state index contributed by atoms with van der Waals surface area (Å²) >= 11 is 6.70. The first-order chi connectivity index (χ1) is 10.8. The molecule has 1 unspecified atom stereocenters. The van der Waals surface area contributed by atoms with E-state index in [1.807, 2.05) is 13.8 Å². The second kappa shape index (κ2) is 7.40. The minimum absolute atomic E-state index is 0.131. The molecular formula is C16H23N3O2S2. The number of primary amides is 1. The summed E-state index contributed by atoms with van der Waals surface area (Å²) in [6.45, 7) is 6.14. The summed E-state index contributed by atoms with van der Waals surface area (Å²) in [7, 11) is 0. The topological polar surface area (TPSA) is 84.2 Å². The van der Waals surface area contributed by atoms with E-state index in [0.717, 1.165) is 24.8 Å². The first-order valence-corrected chi connectivity index (χ1v) is 9.05. The molecule has 126 valence electrons. The molecule has 0 spiro atoms. The average Bonchev–Trinajstić information content (AvgIpc) is 2.73. The van der Waals surface area contributed by atoms with Crippen LogP contribution in [-0.4, -0.2) is 16.9 Å². The van der Waals surface area contributed by atoms with Gasteiger partial charge in [-0.25, -0.2) is 0 Å². The Morgan fingerprint density at radius 3 is 2.74 bits per heavy atom. The third-order valence-corrected chi connectivity index (χ3v) is 5.21. The van der Waals surface area contributed by atoms with Crippen molar-refractivity contribution in [3.63, 3.8) is 0 Å². The van der Waals surface area contributed by atoms with Gasteiger partial charge in [0.05, 0.1) is 5.56 Å². The summed E-state index contributed by atoms with van der Waals surface area (Å²) < 4.78 is 0. The van der Waals surface area contributed by atoms with E-state index in [1.165, 1.54) is 16.2 Å². The van der Waals surface area contributed by atoms with Crippen molar-refractivity contribution in [3.8, 4) is 0 Å². The zero-order valence-corrected chi connectivity index (χ0v) is 15.3. The molecule has 1 aromatic heterocycles. The first-order valence-electron chi connectivity index (χ1n) is 7.83. The van der Waals surface area contributed by atoms with E-state index < -0.39 is 5.91 Å². The Kier molecular flexibility index (Phi) is 5.75. The Balaban J connectivity index is 2.15. The maximum atomic E-state index is 11.8. The van der Waals surface area contributed by atoms with Gasteiger partial charge >= 0.3 is 0 Å². The van der Waals surface area contributed by atoms with Crippen LogP contribution in [0.4, 0.5) is 5.00 Å². The monoisotopic (exact) mass is 353 g/mol. The van der Waals surface area contributed by atoms with Crippen LogP contribution in [0.1, 0.15) is 54.4 Å². The molecule has 0 fully saturated rings. The number of anilines is 1. The highest BCUT2D eigenvalue weighted by Gasteiger charge is 2.26. The van der Waals surface area contributed by atoms with Crippen molar-refractivity contribution in [2.24, 2.45) is 17.6 Å². The van der Waals surface area contributed by atoms with Crippen LogP contribution in [-0.2, 0) is 17.6 Å². The Labute approximate surface area is 146 Å². The number of rotatable bonds is 4. The van der Waals surface area contributed by atoms with Crippen molar-refractivity contribution in [1.82, 2.24) is 5.32 Å². The lowest BCUT2D eigenvalue weighted by atomic mass is 9.88. The lowest BCUT2D eigenvalue weighted by molar-refractivity contribution is -0.120. The Hall–Kier alpha value is -1.47. The third kappa shape index (κ3) is 4.51. The number of fused-ring (bicyclic) bond motifs is 1. The van der Waals surface area contributed by atoms with Crippen LogP contribution in [0, 0.1) is 11.8 Å². The number of nitrogens with one attached hydrogen (secondary N) is 2. The van der Waals surface area contributed by atoms with Crippen LogP contribution in [0.2, 0.25) is 0 Å². The van der Waals surface area contributed by atoms with E-state index in [-0.39, 0.29) is 16.9 Å². The fourth-order valence-corrected chi connectivity index (χ4v) is 4.48. The fraction of sp³-hybridized carbons (Fsp3) is 0.562. The van der Waals surface area contributed by atoms with Gasteiger partial charge in [-0.2, -0.15) is 0 Å². The molecule has 2 amide bonds. The molecule has 0 bridgehead atoms. The smallest absolute Gasteiger partial charge is 0.251 e. The highest BCUT2D eigenvalue weighted by Crippen LogP contribution is 2.39. The molecule has 1 aliphatic rings. The van der Waals surface area contributed by atoms with Crippen molar-refractivity contribution in [1.29, 1.82) is 0 Å². The quantitative estimate of drug-likeness (QED) is 0.727. The predicted molar refractivity (Wildman–Crippen MR) is 97.8 cm³/mol. The van der Waals surface area contributed by atoms with Gasteiger partial charge in [-0.3, -0.25) is 9.59 Å². The number of thiophene rings is 1. The number of hydrogen-bond acceptors (Lipinski definition) is 4. The average molecular weight is 354 g/mol. The van der Waals surface area contributed by atoms with Gasteiger partial charge in [0.2, 0.25) is 5.91 Å². The van der Waals surface area contributed by atoms with Crippen molar-refractivity contribution in [2.45, 2.75) is 46.5 Å². The maximum Gasteiger partial charge on any atom is 0.251 e. The van der Waals surface area contributed by atoms with Crippen LogP contribution in [0.25, 0.3) is 0 Å². The van der Waals surface area contributed by atoms with Gasteiger partial charge < -0.3 is 16.4 Å². The van der Waals surface area contributed by atoms with Crippen LogP contribution in [0.5, 0.6) is 0 Å². The fourth-order valence-electron chi connectivity index (χ4n) is 2.78. The van der Waals surface area contributed by atoms with Gasteiger partial charge in [0, 0.05) is 11.3 Å². The van der Waals surface area contributed by atoms with Crippen molar-refractivity contribution in [2.75, 3.05) is 5.32 Å². The molecule has 5 nitrogen and oxygen atoms in total. The molecule has 2 rings (SSSR count). The summed E-state index contributed by atoms with van der Waals surface area (Å²) in [5, 5.41) is 6.49. The molecular weight excluding hydrogens is 330 g/mol. The molecule has 1 aromatic rings. The zero-order valence-electron chi connectivity index (χ0n) is 13.7. The van der Waals surface area contributed by atoms with Crippen molar-refractivity contribution >= 4 is 45.5 Å². The van der Waals surface area contributed by atoms with Crippen molar-refractivity contribution < 1.29 is 9.59 Å². The highest BCUT2D eigenvalue weighted by atomic mass is 32.1. The van der Waals surface area contributed by atoms with Gasteiger partial charge in [-0.05, 0) is 48.9 Å². The molecule has 1 aliphatic carbocycles. The summed E-state index contributed by atoms with van der Waals surface area (Å²) in [4.78, 5) is 24.8. The minimum Gasteiger partial charge on any atom is -0.365 e. The van der Waals surface area contributed by atoms with Gasteiger partial charge in [-0.15, -0.1) is 11.3 Å². The molecule has 1 atom stereocenters. The number of nitrogens with two attached hydrogens (primary N) is 1. The van der Waals surface area contributed by atoms with E-state index in [2.05, 4.69) is 17.6 Å². The predicted octanol–water partition coefficient (Wildman–Crippen LogP) is 2.83. The number of hydrogen-bond donors (Lipinski definition) is 3. The second-order valence-corrected chi connectivity index (χ2v) is 8.03. The van der Waals surface area contributed by atoms with Crippen LogP contribution < -0.4 is 16.4 Å². The number of carbonyl (C=O) groups is 2.